The van der Waals surface area contributed by atoms with E-state index in [9.17, 15) is 0 Å². The Balaban J connectivity index is 1.79. The predicted molar refractivity (Wildman–Crippen MR) is 133 cm³/mol. The molecular formula is C28H57N. The molecule has 0 radical (unpaired) electrons. The molecule has 0 bridgehead atoms. The van der Waals surface area contributed by atoms with E-state index >= 15 is 0 Å². The van der Waals surface area contributed by atoms with Gasteiger partial charge in [-0.1, -0.05) is 136 Å². The molecule has 0 spiro atoms. The van der Waals surface area contributed by atoms with Gasteiger partial charge in [-0.15, -0.1) is 0 Å². The van der Waals surface area contributed by atoms with Crippen molar-refractivity contribution in [1.82, 2.24) is 4.90 Å². The molecule has 1 heterocycles. The minimum atomic E-state index is 1.02. The summed E-state index contributed by atoms with van der Waals surface area (Å²) in [5.74, 6) is 1.02. The number of nitrogens with zero attached hydrogens (tertiary/aromatic N) is 1. The van der Waals surface area contributed by atoms with Crippen molar-refractivity contribution in [2.75, 3.05) is 19.6 Å². The molecule has 174 valence electrons. The van der Waals surface area contributed by atoms with E-state index in [2.05, 4.69) is 18.7 Å². The van der Waals surface area contributed by atoms with E-state index in [1.807, 2.05) is 0 Å². The van der Waals surface area contributed by atoms with Gasteiger partial charge < -0.3 is 4.90 Å². The van der Waals surface area contributed by atoms with Gasteiger partial charge in [-0.2, -0.15) is 0 Å². The third kappa shape index (κ3) is 17.3. The zero-order valence-corrected chi connectivity index (χ0v) is 20.7. The van der Waals surface area contributed by atoms with Gasteiger partial charge in [0.15, 0.2) is 0 Å². The second-order valence-electron chi connectivity index (χ2n) is 10.1. The summed E-state index contributed by atoms with van der Waals surface area (Å²) in [7, 11) is 0. The predicted octanol–water partition coefficient (Wildman–Crippen LogP) is 9.54. The van der Waals surface area contributed by atoms with E-state index in [4.69, 9.17) is 0 Å². The molecule has 1 aliphatic rings. The van der Waals surface area contributed by atoms with E-state index in [1.54, 1.807) is 0 Å². The van der Waals surface area contributed by atoms with Crippen LogP contribution in [0.2, 0.25) is 0 Å². The van der Waals surface area contributed by atoms with Crippen LogP contribution in [0.4, 0.5) is 0 Å². The third-order valence-electron chi connectivity index (χ3n) is 7.16. The Morgan fingerprint density at radius 1 is 0.517 bits per heavy atom. The normalized spacial score (nSPS) is 17.4. The molecule has 0 aromatic heterocycles. The lowest BCUT2D eigenvalue weighted by Gasteiger charge is -2.16. The van der Waals surface area contributed by atoms with Crippen LogP contribution in [0, 0.1) is 5.92 Å². The van der Waals surface area contributed by atoms with Crippen molar-refractivity contribution in [3.63, 3.8) is 0 Å². The Bertz CT molecular complexity index is 283. The van der Waals surface area contributed by atoms with Gasteiger partial charge in [0, 0.05) is 6.54 Å². The molecule has 0 aromatic carbocycles. The minimum absolute atomic E-state index is 1.02. The molecule has 0 N–H and O–H groups in total. The lowest BCUT2D eigenvalue weighted by atomic mass is 9.99. The minimum Gasteiger partial charge on any atom is -0.303 e. The lowest BCUT2D eigenvalue weighted by molar-refractivity contribution is 0.309. The van der Waals surface area contributed by atoms with Crippen LogP contribution in [0.1, 0.15) is 155 Å². The maximum atomic E-state index is 2.77. The van der Waals surface area contributed by atoms with Gasteiger partial charge >= 0.3 is 0 Å². The summed E-state index contributed by atoms with van der Waals surface area (Å²) >= 11 is 0. The highest BCUT2D eigenvalue weighted by atomic mass is 15.1. The highest BCUT2D eigenvalue weighted by Crippen LogP contribution is 2.23. The Morgan fingerprint density at radius 3 is 1.41 bits per heavy atom. The van der Waals surface area contributed by atoms with E-state index in [1.165, 1.54) is 161 Å². The van der Waals surface area contributed by atoms with Crippen molar-refractivity contribution >= 4 is 0 Å². The monoisotopic (exact) mass is 407 g/mol. The molecule has 1 saturated heterocycles. The first-order valence-electron chi connectivity index (χ1n) is 14.1. The van der Waals surface area contributed by atoms with Crippen molar-refractivity contribution in [3.8, 4) is 0 Å². The smallest absolute Gasteiger partial charge is 0.00101 e. The first-order valence-corrected chi connectivity index (χ1v) is 14.1. The van der Waals surface area contributed by atoms with Crippen LogP contribution in [0.25, 0.3) is 0 Å². The molecule has 1 heteroatoms. The van der Waals surface area contributed by atoms with Gasteiger partial charge in [-0.3, -0.25) is 0 Å². The summed E-state index contributed by atoms with van der Waals surface area (Å²) in [4.78, 5) is 2.77. The average Bonchev–Trinajstić information content (AvgIpc) is 3.18. The van der Waals surface area contributed by atoms with Crippen LogP contribution in [0.3, 0.4) is 0 Å². The van der Waals surface area contributed by atoms with Gasteiger partial charge in [0.05, 0.1) is 0 Å². The molecule has 29 heavy (non-hydrogen) atoms. The molecule has 1 nitrogen and oxygen atoms in total. The summed E-state index contributed by atoms with van der Waals surface area (Å²) < 4.78 is 0. The lowest BCUT2D eigenvalue weighted by Crippen LogP contribution is -2.21. The fraction of sp³-hybridized carbons (Fsp3) is 1.00. The molecular weight excluding hydrogens is 350 g/mol. The van der Waals surface area contributed by atoms with E-state index in [-0.39, 0.29) is 0 Å². The van der Waals surface area contributed by atoms with E-state index < -0.39 is 0 Å². The van der Waals surface area contributed by atoms with Gasteiger partial charge in [0.25, 0.3) is 0 Å². The number of unbranched alkanes of at least 4 members (excludes halogenated alkanes) is 18. The molecule has 0 aliphatic carbocycles. The molecule has 1 unspecified atom stereocenters. The third-order valence-corrected chi connectivity index (χ3v) is 7.16. The van der Waals surface area contributed by atoms with Crippen molar-refractivity contribution in [2.45, 2.75) is 155 Å². The van der Waals surface area contributed by atoms with E-state index in [0.717, 1.165) is 5.92 Å². The van der Waals surface area contributed by atoms with Crippen LogP contribution in [0.5, 0.6) is 0 Å². The Labute approximate surface area is 185 Å². The zero-order chi connectivity index (χ0) is 20.8. The summed E-state index contributed by atoms with van der Waals surface area (Å²) in [6.07, 6.45) is 32.2. The Hall–Kier alpha value is -0.0400. The average molecular weight is 408 g/mol. The van der Waals surface area contributed by atoms with Gasteiger partial charge in [0.1, 0.15) is 0 Å². The first kappa shape index (κ1) is 27.0. The molecule has 1 fully saturated rings. The fourth-order valence-corrected chi connectivity index (χ4v) is 5.09. The molecule has 1 aliphatic heterocycles. The Morgan fingerprint density at radius 2 is 0.931 bits per heavy atom. The quantitative estimate of drug-likeness (QED) is 0.161. The molecule has 0 aromatic rings. The largest absolute Gasteiger partial charge is 0.303 e. The number of likely N-dealkylation sites (tertiary alicyclic amines) is 1. The van der Waals surface area contributed by atoms with Crippen molar-refractivity contribution < 1.29 is 0 Å². The van der Waals surface area contributed by atoms with Crippen LogP contribution in [0.15, 0.2) is 0 Å². The van der Waals surface area contributed by atoms with Crippen LogP contribution >= 0.6 is 0 Å². The van der Waals surface area contributed by atoms with Gasteiger partial charge in [-0.05, 0) is 38.3 Å². The van der Waals surface area contributed by atoms with Crippen LogP contribution in [-0.2, 0) is 0 Å². The van der Waals surface area contributed by atoms with E-state index in [0.29, 0.717) is 0 Å². The maximum Gasteiger partial charge on any atom is 0.00101 e. The second kappa shape index (κ2) is 21.2. The summed E-state index contributed by atoms with van der Waals surface area (Å²) in [5, 5.41) is 0. The van der Waals surface area contributed by atoms with Crippen molar-refractivity contribution in [2.24, 2.45) is 5.92 Å². The maximum absolute atomic E-state index is 2.77. The molecule has 0 saturated carbocycles. The molecule has 1 atom stereocenters. The van der Waals surface area contributed by atoms with Gasteiger partial charge in [0.2, 0.25) is 0 Å². The second-order valence-corrected chi connectivity index (χ2v) is 10.1. The SMILES string of the molecule is CCCCCCCCCCCCC1CCN(CCCCCCCCCCCC)C1. The number of hydrogen-bond acceptors (Lipinski definition) is 1. The van der Waals surface area contributed by atoms with Crippen LogP contribution in [-0.4, -0.2) is 24.5 Å². The van der Waals surface area contributed by atoms with Crippen molar-refractivity contribution in [1.29, 1.82) is 0 Å². The van der Waals surface area contributed by atoms with Gasteiger partial charge in [-0.25, -0.2) is 0 Å². The summed E-state index contributed by atoms with van der Waals surface area (Å²) in [6, 6.07) is 0. The zero-order valence-electron chi connectivity index (χ0n) is 20.7. The molecule has 0 amide bonds. The number of rotatable bonds is 22. The van der Waals surface area contributed by atoms with Crippen LogP contribution < -0.4 is 0 Å². The highest BCUT2D eigenvalue weighted by Gasteiger charge is 2.21. The standard InChI is InChI=1S/C28H57N/c1-3-5-7-9-11-13-15-17-19-21-23-28-24-26-29(27-28)25-22-20-18-16-14-12-10-8-6-4-2/h28H,3-27H2,1-2H3. The number of hydrogen-bond donors (Lipinski definition) is 0. The Kier molecular flexibility index (Phi) is 19.7. The van der Waals surface area contributed by atoms with Crippen molar-refractivity contribution in [3.05, 3.63) is 0 Å². The summed E-state index contributed by atoms with van der Waals surface area (Å²) in [6.45, 7) is 8.79. The fourth-order valence-electron chi connectivity index (χ4n) is 5.09. The summed E-state index contributed by atoms with van der Waals surface area (Å²) in [5.41, 5.74) is 0. The first-order chi connectivity index (χ1) is 14.4. The molecule has 1 rings (SSSR count). The highest BCUT2D eigenvalue weighted by molar-refractivity contribution is 4.75. The topological polar surface area (TPSA) is 3.24 Å².